The van der Waals surface area contributed by atoms with Gasteiger partial charge >= 0.3 is 0 Å². The Morgan fingerprint density at radius 3 is 1.02 bits per heavy atom. The summed E-state index contributed by atoms with van der Waals surface area (Å²) in [4.78, 5) is 4.88. The Hall–Kier alpha value is -9.90. The van der Waals surface area contributed by atoms with E-state index in [1.807, 2.05) is 0 Å². The molecule has 394 valence electrons. The maximum atomic E-state index is 6.84. The average molecular weight is 1060 g/mol. The van der Waals surface area contributed by atoms with Gasteiger partial charge in [0.05, 0.1) is 11.4 Å². The number of fused-ring (bicyclic) bond motifs is 10. The highest BCUT2D eigenvalue weighted by Crippen LogP contribution is 2.49. The first-order chi connectivity index (χ1) is 39.9. The summed E-state index contributed by atoms with van der Waals surface area (Å²) in [5.74, 6) is 0. The summed E-state index contributed by atoms with van der Waals surface area (Å²) >= 11 is 0. The Morgan fingerprint density at radius 1 is 0.256 bits per heavy atom. The second-order valence-electron chi connectivity index (χ2n) is 24.2. The maximum absolute atomic E-state index is 6.84. The Labute approximate surface area is 477 Å². The van der Waals surface area contributed by atoms with Gasteiger partial charge in [-0.3, -0.25) is 0 Å². The zero-order valence-corrected chi connectivity index (χ0v) is 47.0. The lowest BCUT2D eigenvalue weighted by molar-refractivity contribution is 0.590. The monoisotopic (exact) mass is 1060 g/mol. The van der Waals surface area contributed by atoms with Crippen LogP contribution in [0.5, 0.6) is 0 Å². The molecule has 4 heteroatoms. The van der Waals surface area contributed by atoms with Crippen molar-refractivity contribution < 1.29 is 8.83 Å². The molecule has 0 saturated heterocycles. The van der Waals surface area contributed by atoms with Gasteiger partial charge in [-0.05, 0) is 144 Å². The molecule has 0 atom stereocenters. The molecule has 0 aliphatic rings. The molecule has 0 saturated carbocycles. The maximum Gasteiger partial charge on any atom is 0.139 e. The van der Waals surface area contributed by atoms with Crippen LogP contribution in [0.15, 0.2) is 264 Å². The minimum atomic E-state index is 0.0190. The van der Waals surface area contributed by atoms with Gasteiger partial charge in [-0.2, -0.15) is 0 Å². The molecule has 0 radical (unpaired) electrons. The number of anilines is 6. The highest BCUT2D eigenvalue weighted by atomic mass is 16.3. The molecule has 0 aliphatic heterocycles. The van der Waals surface area contributed by atoms with Crippen molar-refractivity contribution in [3.63, 3.8) is 0 Å². The molecule has 0 fully saturated rings. The van der Waals surface area contributed by atoms with Crippen LogP contribution in [0.25, 0.3) is 109 Å². The predicted octanol–water partition coefficient (Wildman–Crippen LogP) is 23.0. The third-order valence-electron chi connectivity index (χ3n) is 16.9. The third-order valence-corrected chi connectivity index (χ3v) is 16.9. The molecule has 4 nitrogen and oxygen atoms in total. The number of benzene rings is 13. The summed E-state index contributed by atoms with van der Waals surface area (Å²) < 4.78 is 13.7. The summed E-state index contributed by atoms with van der Waals surface area (Å²) in [7, 11) is 0. The van der Waals surface area contributed by atoms with E-state index in [-0.39, 0.29) is 10.8 Å². The van der Waals surface area contributed by atoms with Crippen molar-refractivity contribution in [2.75, 3.05) is 9.80 Å². The Bertz CT molecular complexity index is 4670. The number of hydrogen-bond acceptors (Lipinski definition) is 4. The van der Waals surface area contributed by atoms with Gasteiger partial charge in [0.1, 0.15) is 22.3 Å². The fraction of sp³-hybridized carbons (Fsp3) is 0.103. The van der Waals surface area contributed by atoms with E-state index in [0.717, 1.165) is 99.5 Å². The van der Waals surface area contributed by atoms with Crippen LogP contribution in [0.2, 0.25) is 0 Å². The molecular formula is C78H60N2O2. The van der Waals surface area contributed by atoms with Crippen LogP contribution in [0, 0.1) is 0 Å². The van der Waals surface area contributed by atoms with E-state index in [2.05, 4.69) is 306 Å². The zero-order valence-electron chi connectivity index (χ0n) is 47.0. The second kappa shape index (κ2) is 18.9. The minimum Gasteiger partial charge on any atom is -0.456 e. The molecule has 13 aromatic carbocycles. The summed E-state index contributed by atoms with van der Waals surface area (Å²) in [6.45, 7) is 13.6. The van der Waals surface area contributed by atoms with E-state index < -0.39 is 0 Å². The van der Waals surface area contributed by atoms with Gasteiger partial charge in [0.2, 0.25) is 0 Å². The van der Waals surface area contributed by atoms with E-state index in [1.165, 1.54) is 54.9 Å². The van der Waals surface area contributed by atoms with Crippen LogP contribution in [-0.2, 0) is 10.8 Å². The minimum absolute atomic E-state index is 0.0190. The van der Waals surface area contributed by atoms with E-state index in [9.17, 15) is 0 Å². The highest BCUT2D eigenvalue weighted by Gasteiger charge is 2.25. The quantitative estimate of drug-likeness (QED) is 0.152. The number of hydrogen-bond donors (Lipinski definition) is 0. The molecule has 0 bridgehead atoms. The number of furan rings is 2. The fourth-order valence-corrected chi connectivity index (χ4v) is 12.5. The topological polar surface area (TPSA) is 32.8 Å². The zero-order chi connectivity index (χ0) is 55.4. The molecule has 2 aromatic heterocycles. The predicted molar refractivity (Wildman–Crippen MR) is 349 cm³/mol. The van der Waals surface area contributed by atoms with Crippen molar-refractivity contribution >= 4 is 121 Å². The first-order valence-corrected chi connectivity index (χ1v) is 28.5. The van der Waals surface area contributed by atoms with E-state index >= 15 is 0 Å². The highest BCUT2D eigenvalue weighted by molar-refractivity contribution is 6.19. The first kappa shape index (κ1) is 49.2. The summed E-state index contributed by atoms with van der Waals surface area (Å²) in [5.41, 5.74) is 17.2. The molecular weight excluding hydrogens is 997 g/mol. The Balaban J connectivity index is 0.850. The van der Waals surface area contributed by atoms with Crippen LogP contribution < -0.4 is 9.80 Å². The third kappa shape index (κ3) is 8.36. The number of nitrogens with zero attached hydrogens (tertiary/aromatic N) is 2. The van der Waals surface area contributed by atoms with Crippen molar-refractivity contribution in [1.29, 1.82) is 0 Å². The van der Waals surface area contributed by atoms with Crippen LogP contribution in [0.4, 0.5) is 34.1 Å². The lowest BCUT2D eigenvalue weighted by atomic mass is 9.87. The lowest BCUT2D eigenvalue weighted by Crippen LogP contribution is -2.14. The number of rotatable bonds is 8. The average Bonchev–Trinajstić information content (AvgIpc) is 2.79. The summed E-state index contributed by atoms with van der Waals surface area (Å²) in [6.07, 6.45) is 0. The largest absolute Gasteiger partial charge is 0.456 e. The molecule has 2 heterocycles. The van der Waals surface area contributed by atoms with Gasteiger partial charge in [-0.1, -0.05) is 211 Å². The van der Waals surface area contributed by atoms with Gasteiger partial charge < -0.3 is 18.6 Å². The molecule has 15 aromatic rings. The molecule has 15 rings (SSSR count). The second-order valence-corrected chi connectivity index (χ2v) is 24.2. The summed E-state index contributed by atoms with van der Waals surface area (Å²) in [6, 6.07) is 93.3. The fourth-order valence-electron chi connectivity index (χ4n) is 12.5. The normalized spacial score (nSPS) is 12.3. The SMILES string of the molecule is CC(C)(C)c1ccc(N(c2ccc3cc4c(cc3c2)oc2cc3oc5cc6cc(N(c7ccc(C(C)(C)C)cc7)c7c(-c8ccccc8)ccc8ccccc78)ccc6cc5c3cc24)c2c(-c3ccccc3)ccc3ccccc23)cc1. The molecule has 0 aliphatic carbocycles. The van der Waals surface area contributed by atoms with E-state index in [1.54, 1.807) is 0 Å². The Morgan fingerprint density at radius 2 is 0.610 bits per heavy atom. The van der Waals surface area contributed by atoms with Crippen molar-refractivity contribution in [2.45, 2.75) is 52.4 Å². The van der Waals surface area contributed by atoms with Crippen molar-refractivity contribution in [1.82, 2.24) is 0 Å². The van der Waals surface area contributed by atoms with E-state index in [4.69, 9.17) is 8.83 Å². The smallest absolute Gasteiger partial charge is 0.139 e. The van der Waals surface area contributed by atoms with Gasteiger partial charge in [-0.25, -0.2) is 0 Å². The molecule has 0 unspecified atom stereocenters. The lowest BCUT2D eigenvalue weighted by Gasteiger charge is -2.30. The van der Waals surface area contributed by atoms with Crippen LogP contribution in [0.3, 0.4) is 0 Å². The molecule has 0 N–H and O–H groups in total. The van der Waals surface area contributed by atoms with Crippen LogP contribution in [0.1, 0.15) is 52.7 Å². The van der Waals surface area contributed by atoms with Crippen molar-refractivity contribution in [2.24, 2.45) is 0 Å². The molecule has 0 amide bonds. The first-order valence-electron chi connectivity index (χ1n) is 28.5. The Kier molecular flexibility index (Phi) is 11.3. The van der Waals surface area contributed by atoms with Crippen LogP contribution in [-0.4, -0.2) is 0 Å². The van der Waals surface area contributed by atoms with Gasteiger partial charge in [0.25, 0.3) is 0 Å². The van der Waals surface area contributed by atoms with Crippen molar-refractivity contribution in [3.05, 3.63) is 266 Å². The van der Waals surface area contributed by atoms with E-state index in [0.29, 0.717) is 0 Å². The van der Waals surface area contributed by atoms with Gasteiger partial charge in [-0.15, -0.1) is 0 Å². The molecule has 0 spiro atoms. The van der Waals surface area contributed by atoms with Crippen LogP contribution >= 0.6 is 0 Å². The van der Waals surface area contributed by atoms with Gasteiger partial charge in [0.15, 0.2) is 0 Å². The van der Waals surface area contributed by atoms with Crippen molar-refractivity contribution in [3.8, 4) is 22.3 Å². The molecule has 82 heavy (non-hydrogen) atoms. The standard InChI is InChI=1S/C78H60N2O2/c1-77(2,3)57-29-35-59(36-30-57)79(75-63-23-15-13-21-51(63)27-39-65(75)49-17-9-7-10-18-49)61-33-25-53-43-67-69-47-70-68-44-54-26-34-62(42-56(54)46-72(68)82-74(70)48-73(69)81-71(67)45-55(53)41-61)80(60-37-31-58(32-38-60)78(4,5)6)76-64-24-16-14-22-52(64)28-40-66(76)50-19-11-8-12-20-50/h7-48H,1-6H3. The van der Waals surface area contributed by atoms with Gasteiger partial charge in [0, 0.05) is 72.3 Å². The summed E-state index contributed by atoms with van der Waals surface area (Å²) in [5, 5.41) is 13.5.